The molecule has 1 aliphatic heterocycles. The second-order valence-corrected chi connectivity index (χ2v) is 7.66. The zero-order chi connectivity index (χ0) is 14.9. The lowest BCUT2D eigenvalue weighted by molar-refractivity contribution is 0.141. The van der Waals surface area contributed by atoms with Gasteiger partial charge in [0.1, 0.15) is 0 Å². The van der Waals surface area contributed by atoms with Crippen LogP contribution in [0, 0.1) is 5.92 Å². The first-order valence-electron chi connectivity index (χ1n) is 6.90. The van der Waals surface area contributed by atoms with Gasteiger partial charge in [-0.05, 0) is 30.9 Å². The highest BCUT2D eigenvalue weighted by Crippen LogP contribution is 2.29. The standard InChI is InChI=1S/C14H17N3O3S/c18-14(8-11-6-7-21(19,20)10-11)13-9-15-16-17(13)12-4-2-1-3-5-12/h1-5,9,11,14,18H,6-8,10H2. The monoisotopic (exact) mass is 307 g/mol. The highest BCUT2D eigenvalue weighted by molar-refractivity contribution is 7.91. The number of para-hydroxylation sites is 1. The summed E-state index contributed by atoms with van der Waals surface area (Å²) < 4.78 is 24.6. The average molecular weight is 307 g/mol. The van der Waals surface area contributed by atoms with Crippen LogP contribution in [0.4, 0.5) is 0 Å². The van der Waals surface area contributed by atoms with Crippen LogP contribution in [0.2, 0.25) is 0 Å². The summed E-state index contributed by atoms with van der Waals surface area (Å²) in [6.45, 7) is 0. The van der Waals surface area contributed by atoms with Crippen molar-refractivity contribution < 1.29 is 13.5 Å². The fourth-order valence-corrected chi connectivity index (χ4v) is 4.61. The molecule has 0 bridgehead atoms. The Morgan fingerprint density at radius 3 is 2.76 bits per heavy atom. The number of aliphatic hydroxyl groups is 1. The van der Waals surface area contributed by atoms with E-state index in [1.807, 2.05) is 30.3 Å². The number of nitrogens with zero attached hydrogens (tertiary/aromatic N) is 3. The first-order valence-corrected chi connectivity index (χ1v) is 8.72. The Balaban J connectivity index is 1.77. The van der Waals surface area contributed by atoms with E-state index in [9.17, 15) is 13.5 Å². The van der Waals surface area contributed by atoms with Crippen LogP contribution in [0.5, 0.6) is 0 Å². The molecule has 2 atom stereocenters. The number of rotatable bonds is 4. The average Bonchev–Trinajstić information content (AvgIpc) is 3.06. The molecule has 1 fully saturated rings. The second kappa shape index (κ2) is 5.57. The molecule has 1 N–H and O–H groups in total. The van der Waals surface area contributed by atoms with Crippen LogP contribution in [-0.4, -0.2) is 40.0 Å². The molecule has 2 heterocycles. The number of sulfone groups is 1. The predicted octanol–water partition coefficient (Wildman–Crippen LogP) is 1.13. The molecule has 2 aromatic rings. The minimum atomic E-state index is -2.92. The van der Waals surface area contributed by atoms with Crippen LogP contribution in [0.15, 0.2) is 36.5 Å². The summed E-state index contributed by atoms with van der Waals surface area (Å²) in [5, 5.41) is 18.2. The lowest BCUT2D eigenvalue weighted by Crippen LogP contribution is -2.13. The number of benzene rings is 1. The summed E-state index contributed by atoms with van der Waals surface area (Å²) >= 11 is 0. The minimum absolute atomic E-state index is 0.00382. The quantitative estimate of drug-likeness (QED) is 0.915. The summed E-state index contributed by atoms with van der Waals surface area (Å²) in [5.41, 5.74) is 1.41. The van der Waals surface area contributed by atoms with E-state index in [0.29, 0.717) is 18.5 Å². The highest BCUT2D eigenvalue weighted by Gasteiger charge is 2.30. The molecule has 1 aromatic heterocycles. The fourth-order valence-electron chi connectivity index (χ4n) is 2.73. The zero-order valence-electron chi connectivity index (χ0n) is 11.5. The van der Waals surface area contributed by atoms with Gasteiger partial charge in [0.15, 0.2) is 9.84 Å². The number of aliphatic hydroxyl groups excluding tert-OH is 1. The van der Waals surface area contributed by atoms with E-state index in [0.717, 1.165) is 5.69 Å². The van der Waals surface area contributed by atoms with Gasteiger partial charge in [-0.3, -0.25) is 0 Å². The maximum Gasteiger partial charge on any atom is 0.150 e. The van der Waals surface area contributed by atoms with Gasteiger partial charge in [0.2, 0.25) is 0 Å². The maximum absolute atomic E-state index is 11.5. The molecular formula is C14H17N3O3S. The molecule has 1 aliphatic rings. The Labute approximate surface area is 123 Å². The van der Waals surface area contributed by atoms with Crippen molar-refractivity contribution in [3.05, 3.63) is 42.2 Å². The van der Waals surface area contributed by atoms with E-state index in [1.54, 1.807) is 4.68 Å². The Kier molecular flexibility index (Phi) is 3.77. The molecule has 0 amide bonds. The van der Waals surface area contributed by atoms with Gasteiger partial charge in [-0.25, -0.2) is 13.1 Å². The van der Waals surface area contributed by atoms with Gasteiger partial charge in [0.25, 0.3) is 0 Å². The summed E-state index contributed by atoms with van der Waals surface area (Å²) in [7, 11) is -2.92. The molecule has 0 saturated carbocycles. The molecule has 3 rings (SSSR count). The van der Waals surface area contributed by atoms with Gasteiger partial charge in [-0.2, -0.15) is 0 Å². The smallest absolute Gasteiger partial charge is 0.150 e. The maximum atomic E-state index is 11.5. The van der Waals surface area contributed by atoms with Crippen molar-refractivity contribution in [2.45, 2.75) is 18.9 Å². The molecule has 0 radical (unpaired) electrons. The Morgan fingerprint density at radius 1 is 1.33 bits per heavy atom. The van der Waals surface area contributed by atoms with Crippen molar-refractivity contribution in [1.29, 1.82) is 0 Å². The van der Waals surface area contributed by atoms with E-state index in [2.05, 4.69) is 10.3 Å². The van der Waals surface area contributed by atoms with E-state index in [4.69, 9.17) is 0 Å². The Morgan fingerprint density at radius 2 is 2.10 bits per heavy atom. The largest absolute Gasteiger partial charge is 0.387 e. The van der Waals surface area contributed by atoms with Crippen molar-refractivity contribution in [2.24, 2.45) is 5.92 Å². The third-order valence-corrected chi connectivity index (χ3v) is 5.64. The summed E-state index contributed by atoms with van der Waals surface area (Å²) in [4.78, 5) is 0. The van der Waals surface area contributed by atoms with Crippen LogP contribution >= 0.6 is 0 Å². The number of hydrogen-bond acceptors (Lipinski definition) is 5. The third-order valence-electron chi connectivity index (χ3n) is 3.80. The highest BCUT2D eigenvalue weighted by atomic mass is 32.2. The summed E-state index contributed by atoms with van der Waals surface area (Å²) in [5.74, 6) is 0.390. The lowest BCUT2D eigenvalue weighted by atomic mass is 9.99. The molecule has 112 valence electrons. The van der Waals surface area contributed by atoms with Gasteiger partial charge in [-0.15, -0.1) is 5.10 Å². The molecule has 7 heteroatoms. The van der Waals surface area contributed by atoms with Crippen molar-refractivity contribution in [2.75, 3.05) is 11.5 Å². The molecule has 2 unspecified atom stereocenters. The van der Waals surface area contributed by atoms with Crippen LogP contribution in [-0.2, 0) is 9.84 Å². The van der Waals surface area contributed by atoms with Crippen LogP contribution in [0.3, 0.4) is 0 Å². The SMILES string of the molecule is O=S1(=O)CCC(CC(O)c2cnnn2-c2ccccc2)C1. The Hall–Kier alpha value is -1.73. The number of hydrogen-bond donors (Lipinski definition) is 1. The molecule has 1 saturated heterocycles. The zero-order valence-corrected chi connectivity index (χ0v) is 12.3. The lowest BCUT2D eigenvalue weighted by Gasteiger charge is -2.15. The minimum Gasteiger partial charge on any atom is -0.387 e. The number of aromatic nitrogens is 3. The van der Waals surface area contributed by atoms with E-state index in [1.165, 1.54) is 6.20 Å². The Bertz CT molecular complexity index is 712. The summed E-state index contributed by atoms with van der Waals surface area (Å²) in [6, 6.07) is 9.43. The second-order valence-electron chi connectivity index (χ2n) is 5.43. The van der Waals surface area contributed by atoms with Crippen LogP contribution in [0.25, 0.3) is 5.69 Å². The van der Waals surface area contributed by atoms with E-state index in [-0.39, 0.29) is 17.4 Å². The molecular weight excluding hydrogens is 290 g/mol. The third kappa shape index (κ3) is 3.14. The van der Waals surface area contributed by atoms with Crippen molar-refractivity contribution >= 4 is 9.84 Å². The first-order chi connectivity index (χ1) is 10.1. The molecule has 1 aromatic carbocycles. The predicted molar refractivity (Wildman–Crippen MR) is 77.7 cm³/mol. The molecule has 0 aliphatic carbocycles. The van der Waals surface area contributed by atoms with Gasteiger partial charge >= 0.3 is 0 Å². The topological polar surface area (TPSA) is 85.1 Å². The normalized spacial score (nSPS) is 22.2. The molecule has 0 spiro atoms. The first kappa shape index (κ1) is 14.2. The van der Waals surface area contributed by atoms with Gasteiger partial charge in [0, 0.05) is 0 Å². The van der Waals surface area contributed by atoms with Crippen molar-refractivity contribution in [3.8, 4) is 5.69 Å². The van der Waals surface area contributed by atoms with Gasteiger partial charge < -0.3 is 5.11 Å². The van der Waals surface area contributed by atoms with Crippen LogP contribution < -0.4 is 0 Å². The van der Waals surface area contributed by atoms with Gasteiger partial charge in [-0.1, -0.05) is 23.4 Å². The van der Waals surface area contributed by atoms with Gasteiger partial charge in [0.05, 0.1) is 35.2 Å². The van der Waals surface area contributed by atoms with E-state index >= 15 is 0 Å². The molecule has 6 nitrogen and oxygen atoms in total. The van der Waals surface area contributed by atoms with Crippen LogP contribution in [0.1, 0.15) is 24.6 Å². The molecule has 21 heavy (non-hydrogen) atoms. The van der Waals surface area contributed by atoms with Crippen molar-refractivity contribution in [1.82, 2.24) is 15.0 Å². The van der Waals surface area contributed by atoms with Crippen molar-refractivity contribution in [3.63, 3.8) is 0 Å². The summed E-state index contributed by atoms with van der Waals surface area (Å²) in [6.07, 6.45) is 1.80. The van der Waals surface area contributed by atoms with E-state index < -0.39 is 15.9 Å². The fraction of sp³-hybridized carbons (Fsp3) is 0.429.